The van der Waals surface area contributed by atoms with Crippen LogP contribution >= 0.6 is 0 Å². The molecule has 0 fully saturated rings. The van der Waals surface area contributed by atoms with Crippen LogP contribution in [0, 0.1) is 0 Å². The fraction of sp³-hybridized carbons (Fsp3) is 0.700. The van der Waals surface area contributed by atoms with Gasteiger partial charge in [0.25, 0.3) is 0 Å². The topological polar surface area (TPSA) is 39.1 Å². The maximum absolute atomic E-state index is 11.7. The van der Waals surface area contributed by atoms with Crippen molar-refractivity contribution in [1.29, 1.82) is 0 Å². The molecule has 98 valence electrons. The van der Waals surface area contributed by atoms with E-state index in [4.69, 9.17) is 0 Å². The second-order valence-electron chi connectivity index (χ2n) is 3.66. The van der Waals surface area contributed by atoms with Crippen LogP contribution in [0.4, 0.5) is 13.2 Å². The normalized spacial score (nSPS) is 12.0. The van der Waals surface area contributed by atoms with Crippen molar-refractivity contribution < 1.29 is 17.9 Å². The molecule has 1 aromatic heterocycles. The van der Waals surface area contributed by atoms with Crippen LogP contribution in [-0.2, 0) is 17.8 Å². The van der Waals surface area contributed by atoms with Crippen molar-refractivity contribution in [3.05, 3.63) is 18.0 Å². The molecule has 0 aliphatic heterocycles. The Labute approximate surface area is 97.8 Å². The van der Waals surface area contributed by atoms with E-state index in [1.165, 1.54) is 0 Å². The molecule has 0 spiro atoms. The molecule has 0 atom stereocenters. The third-order valence-corrected chi connectivity index (χ3v) is 2.01. The largest absolute Gasteiger partial charge is 0.411 e. The number of hydrogen-bond donors (Lipinski definition) is 1. The van der Waals surface area contributed by atoms with Crippen molar-refractivity contribution in [3.8, 4) is 0 Å². The monoisotopic (exact) mass is 251 g/mol. The number of nitrogens with zero attached hydrogens (tertiary/aromatic N) is 2. The van der Waals surface area contributed by atoms with Gasteiger partial charge in [-0.1, -0.05) is 0 Å². The fourth-order valence-electron chi connectivity index (χ4n) is 1.34. The van der Waals surface area contributed by atoms with Gasteiger partial charge >= 0.3 is 6.18 Å². The maximum Gasteiger partial charge on any atom is 0.411 e. The average molecular weight is 251 g/mol. The molecule has 0 saturated heterocycles. The summed E-state index contributed by atoms with van der Waals surface area (Å²) in [7, 11) is 1.84. The minimum absolute atomic E-state index is 0.0841. The van der Waals surface area contributed by atoms with Crippen molar-refractivity contribution in [2.24, 2.45) is 0 Å². The first-order chi connectivity index (χ1) is 8.01. The van der Waals surface area contributed by atoms with Crippen LogP contribution in [0.1, 0.15) is 12.0 Å². The standard InChI is InChI=1S/C10H16F3N3O/c1-14-5-9-6-15-16(7-9)3-2-4-17-8-10(11,12)13/h6-7,14H,2-5,8H2,1H3. The van der Waals surface area contributed by atoms with E-state index in [-0.39, 0.29) is 6.61 Å². The minimum atomic E-state index is -4.24. The number of aromatic nitrogens is 2. The highest BCUT2D eigenvalue weighted by Crippen LogP contribution is 2.14. The third-order valence-electron chi connectivity index (χ3n) is 2.01. The molecule has 0 bridgehead atoms. The van der Waals surface area contributed by atoms with E-state index in [9.17, 15) is 13.2 Å². The molecule has 0 aliphatic rings. The van der Waals surface area contributed by atoms with Crippen molar-refractivity contribution in [2.45, 2.75) is 25.7 Å². The number of aryl methyl sites for hydroxylation is 1. The summed E-state index contributed by atoms with van der Waals surface area (Å²) in [6.45, 7) is 0.185. The summed E-state index contributed by atoms with van der Waals surface area (Å²) in [5, 5.41) is 7.07. The predicted molar refractivity (Wildman–Crippen MR) is 56.5 cm³/mol. The lowest BCUT2D eigenvalue weighted by atomic mass is 10.3. The Balaban J connectivity index is 2.13. The molecular weight excluding hydrogens is 235 g/mol. The molecule has 1 rings (SSSR count). The molecule has 0 saturated carbocycles. The molecule has 0 aliphatic carbocycles. The molecule has 0 amide bonds. The lowest BCUT2D eigenvalue weighted by Crippen LogP contribution is -2.17. The van der Waals surface area contributed by atoms with E-state index >= 15 is 0 Å². The maximum atomic E-state index is 11.7. The van der Waals surface area contributed by atoms with E-state index in [1.54, 1.807) is 10.9 Å². The predicted octanol–water partition coefficient (Wildman–Crippen LogP) is 1.57. The molecule has 17 heavy (non-hydrogen) atoms. The van der Waals surface area contributed by atoms with Crippen LogP contribution in [0.2, 0.25) is 0 Å². The number of rotatable bonds is 7. The summed E-state index contributed by atoms with van der Waals surface area (Å²) in [6, 6.07) is 0. The van der Waals surface area contributed by atoms with Crippen molar-refractivity contribution in [1.82, 2.24) is 15.1 Å². The van der Waals surface area contributed by atoms with Gasteiger partial charge in [-0.25, -0.2) is 0 Å². The van der Waals surface area contributed by atoms with Crippen LogP contribution in [0.5, 0.6) is 0 Å². The zero-order valence-corrected chi connectivity index (χ0v) is 9.63. The SMILES string of the molecule is CNCc1cnn(CCCOCC(F)(F)F)c1. The molecule has 0 aromatic carbocycles. The summed E-state index contributed by atoms with van der Waals surface area (Å²) < 4.78 is 41.4. The number of ether oxygens (including phenoxy) is 1. The average Bonchev–Trinajstić information content (AvgIpc) is 2.64. The molecule has 4 nitrogen and oxygen atoms in total. The first kappa shape index (κ1) is 14.0. The Kier molecular flexibility index (Phi) is 5.43. The van der Waals surface area contributed by atoms with Gasteiger partial charge in [-0.15, -0.1) is 0 Å². The molecule has 0 unspecified atom stereocenters. The first-order valence-electron chi connectivity index (χ1n) is 5.31. The second kappa shape index (κ2) is 6.61. The van der Waals surface area contributed by atoms with Crippen molar-refractivity contribution in [3.63, 3.8) is 0 Å². The molecular formula is C10H16F3N3O. The van der Waals surface area contributed by atoms with Crippen molar-refractivity contribution >= 4 is 0 Å². The Hall–Kier alpha value is -1.08. The number of hydrogen-bond acceptors (Lipinski definition) is 3. The lowest BCUT2D eigenvalue weighted by molar-refractivity contribution is -0.174. The van der Waals surface area contributed by atoms with Gasteiger partial charge in [0.15, 0.2) is 0 Å². The Morgan fingerprint density at radius 3 is 2.88 bits per heavy atom. The van der Waals surface area contributed by atoms with E-state index in [0.29, 0.717) is 13.0 Å². The van der Waals surface area contributed by atoms with Crippen LogP contribution < -0.4 is 5.32 Å². The van der Waals surface area contributed by atoms with E-state index in [2.05, 4.69) is 15.2 Å². The highest BCUT2D eigenvalue weighted by Gasteiger charge is 2.27. The molecule has 0 radical (unpaired) electrons. The minimum Gasteiger partial charge on any atom is -0.372 e. The van der Waals surface area contributed by atoms with E-state index in [0.717, 1.165) is 12.1 Å². The summed E-state index contributed by atoms with van der Waals surface area (Å²) in [5.41, 5.74) is 1.05. The summed E-state index contributed by atoms with van der Waals surface area (Å²) >= 11 is 0. The highest BCUT2D eigenvalue weighted by molar-refractivity contribution is 5.02. The lowest BCUT2D eigenvalue weighted by Gasteiger charge is -2.07. The van der Waals surface area contributed by atoms with E-state index < -0.39 is 12.8 Å². The number of alkyl halides is 3. The van der Waals surface area contributed by atoms with Gasteiger partial charge in [0, 0.05) is 31.5 Å². The molecule has 1 heterocycles. The van der Waals surface area contributed by atoms with Crippen LogP contribution in [0.25, 0.3) is 0 Å². The van der Waals surface area contributed by atoms with Crippen LogP contribution in [0.3, 0.4) is 0 Å². The fourth-order valence-corrected chi connectivity index (χ4v) is 1.34. The van der Waals surface area contributed by atoms with Gasteiger partial charge < -0.3 is 10.1 Å². The Bertz CT molecular complexity index is 325. The smallest absolute Gasteiger partial charge is 0.372 e. The zero-order chi connectivity index (χ0) is 12.7. The Morgan fingerprint density at radius 2 is 2.24 bits per heavy atom. The van der Waals surface area contributed by atoms with Gasteiger partial charge in [0.05, 0.1) is 6.20 Å². The summed E-state index contributed by atoms with van der Waals surface area (Å²) in [5.74, 6) is 0. The quantitative estimate of drug-likeness (QED) is 0.748. The van der Waals surface area contributed by atoms with Gasteiger partial charge in [-0.05, 0) is 13.5 Å². The van der Waals surface area contributed by atoms with Crippen molar-refractivity contribution in [2.75, 3.05) is 20.3 Å². The second-order valence-corrected chi connectivity index (χ2v) is 3.66. The van der Waals surface area contributed by atoms with Gasteiger partial charge in [0.2, 0.25) is 0 Å². The van der Waals surface area contributed by atoms with Gasteiger partial charge in [-0.3, -0.25) is 4.68 Å². The van der Waals surface area contributed by atoms with Gasteiger partial charge in [0.1, 0.15) is 6.61 Å². The summed E-state index contributed by atoms with van der Waals surface area (Å²) in [4.78, 5) is 0. The zero-order valence-electron chi connectivity index (χ0n) is 9.63. The molecule has 1 aromatic rings. The van der Waals surface area contributed by atoms with Gasteiger partial charge in [-0.2, -0.15) is 18.3 Å². The summed E-state index contributed by atoms with van der Waals surface area (Å²) in [6.07, 6.45) is -0.143. The molecule has 7 heteroatoms. The van der Waals surface area contributed by atoms with E-state index in [1.807, 2.05) is 13.2 Å². The highest BCUT2D eigenvalue weighted by atomic mass is 19.4. The van der Waals surface area contributed by atoms with Crippen LogP contribution in [-0.4, -0.2) is 36.2 Å². The number of nitrogens with one attached hydrogen (secondary N) is 1. The number of halogens is 3. The third kappa shape index (κ3) is 6.28. The first-order valence-corrected chi connectivity index (χ1v) is 5.31. The van der Waals surface area contributed by atoms with Crippen LogP contribution in [0.15, 0.2) is 12.4 Å². The Morgan fingerprint density at radius 1 is 1.47 bits per heavy atom. The molecule has 1 N–H and O–H groups in total.